The summed E-state index contributed by atoms with van der Waals surface area (Å²) in [4.78, 5) is 11.1. The third-order valence-electron chi connectivity index (χ3n) is 1.65. The normalized spacial score (nSPS) is 9.86. The maximum Gasteiger partial charge on any atom is 0.225 e. The molecule has 4 nitrogen and oxygen atoms in total. The summed E-state index contributed by atoms with van der Waals surface area (Å²) in [6.45, 7) is 0.328. The molecule has 0 aliphatic rings. The van der Waals surface area contributed by atoms with E-state index in [2.05, 4.69) is 5.32 Å². The van der Waals surface area contributed by atoms with Gasteiger partial charge in [0.15, 0.2) is 0 Å². The Balaban J connectivity index is 2.68. The fourth-order valence-corrected chi connectivity index (χ4v) is 1.09. The zero-order valence-electron chi connectivity index (χ0n) is 7.59. The summed E-state index contributed by atoms with van der Waals surface area (Å²) in [7, 11) is 0. The first-order valence-corrected chi connectivity index (χ1v) is 4.56. The Morgan fingerprint density at radius 3 is 2.79 bits per heavy atom. The van der Waals surface area contributed by atoms with Crippen molar-refractivity contribution in [3.8, 4) is 0 Å². The van der Waals surface area contributed by atoms with E-state index >= 15 is 0 Å². The van der Waals surface area contributed by atoms with Crippen LogP contribution in [0.5, 0.6) is 0 Å². The molecule has 5 heteroatoms. The summed E-state index contributed by atoms with van der Waals surface area (Å²) in [5.41, 5.74) is 11.9. The second-order valence-electron chi connectivity index (χ2n) is 2.82. The maximum atomic E-state index is 11.1. The molecule has 0 aliphatic heterocycles. The molecule has 0 atom stereocenters. The number of nitrogen functional groups attached to an aromatic ring is 1. The molecule has 0 saturated heterocycles. The van der Waals surface area contributed by atoms with Crippen LogP contribution in [0.3, 0.4) is 0 Å². The van der Waals surface area contributed by atoms with E-state index in [0.29, 0.717) is 29.4 Å². The minimum atomic E-state index is -0.130. The molecule has 0 spiro atoms. The summed E-state index contributed by atoms with van der Waals surface area (Å²) in [6, 6.07) is 4.93. The first-order chi connectivity index (χ1) is 6.63. The molecule has 1 aromatic carbocycles. The molecule has 0 fully saturated rings. The van der Waals surface area contributed by atoms with Gasteiger partial charge < -0.3 is 16.8 Å². The lowest BCUT2D eigenvalue weighted by Crippen LogP contribution is -2.16. The molecule has 76 valence electrons. The Kier molecular flexibility index (Phi) is 3.73. The van der Waals surface area contributed by atoms with E-state index in [1.807, 2.05) is 0 Å². The summed E-state index contributed by atoms with van der Waals surface area (Å²) in [6.07, 6.45) is 0.294. The van der Waals surface area contributed by atoms with Crippen molar-refractivity contribution in [3.63, 3.8) is 0 Å². The van der Waals surface area contributed by atoms with Gasteiger partial charge in [-0.1, -0.05) is 11.6 Å². The summed E-state index contributed by atoms with van der Waals surface area (Å²) in [5.74, 6) is -0.130. The van der Waals surface area contributed by atoms with Crippen molar-refractivity contribution in [3.05, 3.63) is 23.2 Å². The lowest BCUT2D eigenvalue weighted by molar-refractivity contribution is -0.116. The highest BCUT2D eigenvalue weighted by Crippen LogP contribution is 2.22. The predicted molar refractivity (Wildman–Crippen MR) is 58.2 cm³/mol. The third-order valence-corrected chi connectivity index (χ3v) is 2.00. The minimum Gasteiger partial charge on any atom is -0.397 e. The molecule has 14 heavy (non-hydrogen) atoms. The number of nitrogens with one attached hydrogen (secondary N) is 1. The van der Waals surface area contributed by atoms with Crippen LogP contribution in [-0.4, -0.2) is 12.5 Å². The highest BCUT2D eigenvalue weighted by Gasteiger charge is 2.02. The van der Waals surface area contributed by atoms with Crippen LogP contribution in [0.25, 0.3) is 0 Å². The van der Waals surface area contributed by atoms with Crippen molar-refractivity contribution in [1.82, 2.24) is 0 Å². The zero-order valence-corrected chi connectivity index (χ0v) is 8.34. The van der Waals surface area contributed by atoms with Gasteiger partial charge in [-0.25, -0.2) is 0 Å². The van der Waals surface area contributed by atoms with E-state index < -0.39 is 0 Å². The Hall–Kier alpha value is -1.26. The van der Waals surface area contributed by atoms with E-state index in [1.165, 1.54) is 0 Å². The van der Waals surface area contributed by atoms with Gasteiger partial charge in [0.1, 0.15) is 0 Å². The van der Waals surface area contributed by atoms with Gasteiger partial charge in [0.2, 0.25) is 5.91 Å². The van der Waals surface area contributed by atoms with Crippen LogP contribution in [0.1, 0.15) is 6.42 Å². The van der Waals surface area contributed by atoms with Crippen LogP contribution in [0.2, 0.25) is 5.02 Å². The smallest absolute Gasteiger partial charge is 0.225 e. The molecular weight excluding hydrogens is 202 g/mol. The molecule has 0 bridgehead atoms. The number of amides is 1. The van der Waals surface area contributed by atoms with Crippen molar-refractivity contribution in [2.75, 3.05) is 17.6 Å². The predicted octanol–water partition coefficient (Wildman–Crippen LogP) is 1.21. The average molecular weight is 214 g/mol. The molecule has 1 rings (SSSR count). The maximum absolute atomic E-state index is 11.1. The van der Waals surface area contributed by atoms with E-state index in [1.54, 1.807) is 18.2 Å². The van der Waals surface area contributed by atoms with Crippen LogP contribution < -0.4 is 16.8 Å². The second kappa shape index (κ2) is 4.83. The van der Waals surface area contributed by atoms with Crippen LogP contribution >= 0.6 is 11.6 Å². The number of hydrogen-bond acceptors (Lipinski definition) is 3. The SMILES string of the molecule is NCCC(=O)Nc1ccc(Cl)c(N)c1. The van der Waals surface area contributed by atoms with E-state index in [9.17, 15) is 4.79 Å². The van der Waals surface area contributed by atoms with Gasteiger partial charge in [-0.05, 0) is 18.2 Å². The van der Waals surface area contributed by atoms with Crippen LogP contribution in [0.15, 0.2) is 18.2 Å². The monoisotopic (exact) mass is 213 g/mol. The molecule has 1 amide bonds. The first-order valence-electron chi connectivity index (χ1n) is 4.18. The second-order valence-corrected chi connectivity index (χ2v) is 3.23. The average Bonchev–Trinajstić information content (AvgIpc) is 2.12. The number of benzene rings is 1. The lowest BCUT2D eigenvalue weighted by atomic mass is 10.2. The van der Waals surface area contributed by atoms with Gasteiger partial charge in [-0.2, -0.15) is 0 Å². The Labute approximate surface area is 87.2 Å². The van der Waals surface area contributed by atoms with Gasteiger partial charge in [0.05, 0.1) is 10.7 Å². The van der Waals surface area contributed by atoms with Gasteiger partial charge >= 0.3 is 0 Å². The number of hydrogen-bond donors (Lipinski definition) is 3. The molecule has 1 aromatic rings. The fraction of sp³-hybridized carbons (Fsp3) is 0.222. The fourth-order valence-electron chi connectivity index (χ4n) is 0.976. The van der Waals surface area contributed by atoms with Gasteiger partial charge in [-0.3, -0.25) is 4.79 Å². The molecule has 0 unspecified atom stereocenters. The first kappa shape index (κ1) is 10.8. The topological polar surface area (TPSA) is 81.1 Å². The number of nitrogens with two attached hydrogens (primary N) is 2. The number of anilines is 2. The quantitative estimate of drug-likeness (QED) is 0.661. The van der Waals surface area contributed by atoms with Crippen molar-refractivity contribution >= 4 is 28.9 Å². The lowest BCUT2D eigenvalue weighted by Gasteiger charge is -2.05. The van der Waals surface area contributed by atoms with E-state index in [4.69, 9.17) is 23.1 Å². The Bertz CT molecular complexity index is 341. The molecular formula is C9H12ClN3O. The van der Waals surface area contributed by atoms with Crippen molar-refractivity contribution < 1.29 is 4.79 Å². The molecule has 0 heterocycles. The standard InChI is InChI=1S/C9H12ClN3O/c10-7-2-1-6(5-8(7)12)13-9(14)3-4-11/h1-2,5H,3-4,11-12H2,(H,13,14). The molecule has 0 saturated carbocycles. The number of carbonyl (C=O) groups is 1. The van der Waals surface area contributed by atoms with Crippen LogP contribution in [-0.2, 0) is 4.79 Å². The minimum absolute atomic E-state index is 0.130. The third kappa shape index (κ3) is 2.90. The molecule has 0 aromatic heterocycles. The highest BCUT2D eigenvalue weighted by atomic mass is 35.5. The Morgan fingerprint density at radius 1 is 1.50 bits per heavy atom. The van der Waals surface area contributed by atoms with Crippen molar-refractivity contribution in [1.29, 1.82) is 0 Å². The zero-order chi connectivity index (χ0) is 10.6. The van der Waals surface area contributed by atoms with E-state index in [0.717, 1.165) is 0 Å². The van der Waals surface area contributed by atoms with Crippen LogP contribution in [0, 0.1) is 0 Å². The number of carbonyl (C=O) groups excluding carboxylic acids is 1. The number of halogens is 1. The van der Waals surface area contributed by atoms with Gasteiger partial charge in [0.25, 0.3) is 0 Å². The molecule has 0 radical (unpaired) electrons. The largest absolute Gasteiger partial charge is 0.397 e. The number of rotatable bonds is 3. The molecule has 0 aliphatic carbocycles. The van der Waals surface area contributed by atoms with Crippen molar-refractivity contribution in [2.24, 2.45) is 5.73 Å². The summed E-state index contributed by atoms with van der Waals surface area (Å²) < 4.78 is 0. The van der Waals surface area contributed by atoms with Gasteiger partial charge in [-0.15, -0.1) is 0 Å². The van der Waals surface area contributed by atoms with Gasteiger partial charge in [0, 0.05) is 18.7 Å². The van der Waals surface area contributed by atoms with E-state index in [-0.39, 0.29) is 5.91 Å². The van der Waals surface area contributed by atoms with Crippen molar-refractivity contribution in [2.45, 2.75) is 6.42 Å². The Morgan fingerprint density at radius 2 is 2.21 bits per heavy atom. The highest BCUT2D eigenvalue weighted by molar-refractivity contribution is 6.33. The molecule has 5 N–H and O–H groups in total. The van der Waals surface area contributed by atoms with Crippen LogP contribution in [0.4, 0.5) is 11.4 Å². The summed E-state index contributed by atoms with van der Waals surface area (Å²) >= 11 is 5.72. The summed E-state index contributed by atoms with van der Waals surface area (Å²) in [5, 5.41) is 3.13.